The first kappa shape index (κ1) is 20.1. The Bertz CT molecular complexity index is 1710. The van der Waals surface area contributed by atoms with Gasteiger partial charge in [0.2, 0.25) is 0 Å². The quantitative estimate of drug-likeness (QED) is 0.208. The molecule has 0 aliphatic carbocycles. The smallest absolute Gasteiger partial charge is 0.136 e. The van der Waals surface area contributed by atoms with Crippen LogP contribution < -0.4 is 0 Å². The van der Waals surface area contributed by atoms with Gasteiger partial charge in [0.25, 0.3) is 0 Å². The zero-order valence-corrected chi connectivity index (χ0v) is 21.0. The Labute approximate surface area is 212 Å². The van der Waals surface area contributed by atoms with Crippen LogP contribution in [-0.4, -0.2) is 0 Å². The van der Waals surface area contributed by atoms with Crippen LogP contribution in [0.25, 0.3) is 66.1 Å². The monoisotopic (exact) mass is 566 g/mol. The van der Waals surface area contributed by atoms with Crippen molar-refractivity contribution in [2.45, 2.75) is 0 Å². The second kappa shape index (κ2) is 7.59. The van der Waals surface area contributed by atoms with Crippen LogP contribution >= 0.6 is 31.9 Å². The summed E-state index contributed by atoms with van der Waals surface area (Å²) in [7, 11) is 0. The fourth-order valence-corrected chi connectivity index (χ4v) is 5.75. The summed E-state index contributed by atoms with van der Waals surface area (Å²) in [4.78, 5) is 0. The molecule has 0 bridgehead atoms. The van der Waals surface area contributed by atoms with Gasteiger partial charge in [-0.2, -0.15) is 0 Å². The van der Waals surface area contributed by atoms with Crippen LogP contribution in [0.4, 0.5) is 0 Å². The van der Waals surface area contributed by atoms with Gasteiger partial charge in [0.15, 0.2) is 0 Å². The summed E-state index contributed by atoms with van der Waals surface area (Å²) in [5, 5.41) is 6.78. The molecule has 162 valence electrons. The Balaban J connectivity index is 1.35. The van der Waals surface area contributed by atoms with Crippen molar-refractivity contribution in [1.29, 1.82) is 0 Å². The number of furan rings is 2. The van der Waals surface area contributed by atoms with Crippen LogP contribution in [0.3, 0.4) is 0 Å². The minimum atomic E-state index is 0.831. The van der Waals surface area contributed by atoms with E-state index in [-0.39, 0.29) is 0 Å². The van der Waals surface area contributed by atoms with Gasteiger partial charge in [0, 0.05) is 30.8 Å². The number of hydrogen-bond donors (Lipinski definition) is 0. The maximum absolute atomic E-state index is 6.31. The number of fused-ring (bicyclic) bond motifs is 4. The molecular formula is C30H16Br2O2. The minimum Gasteiger partial charge on any atom is -0.456 e. The van der Waals surface area contributed by atoms with Crippen molar-refractivity contribution in [2.75, 3.05) is 0 Å². The summed E-state index contributed by atoms with van der Waals surface area (Å²) < 4.78 is 14.6. The Kier molecular flexibility index (Phi) is 4.48. The lowest BCUT2D eigenvalue weighted by Gasteiger charge is -2.04. The van der Waals surface area contributed by atoms with Crippen LogP contribution in [-0.2, 0) is 0 Å². The van der Waals surface area contributed by atoms with Gasteiger partial charge < -0.3 is 8.83 Å². The van der Waals surface area contributed by atoms with Crippen LogP contribution in [0.5, 0.6) is 0 Å². The standard InChI is InChI=1S/C30H16Br2O2/c31-25-11-19-7-3-1-5-17(19)9-23(25)29-15-21-13-28-22(14-27(21)33-29)16-30(34-28)24-10-18-6-2-4-8-20(18)12-26(24)32/h1-16H. The first-order valence-electron chi connectivity index (χ1n) is 11.0. The summed E-state index contributed by atoms with van der Waals surface area (Å²) in [6.45, 7) is 0. The first-order valence-corrected chi connectivity index (χ1v) is 12.6. The third-order valence-corrected chi connectivity index (χ3v) is 7.67. The third-order valence-electron chi connectivity index (χ3n) is 6.36. The van der Waals surface area contributed by atoms with Crippen LogP contribution in [0.2, 0.25) is 0 Å². The van der Waals surface area contributed by atoms with Crippen molar-refractivity contribution >= 4 is 75.3 Å². The average Bonchev–Trinajstić information content (AvgIpc) is 3.44. The highest BCUT2D eigenvalue weighted by Crippen LogP contribution is 2.40. The van der Waals surface area contributed by atoms with Crippen LogP contribution in [0.1, 0.15) is 0 Å². The van der Waals surface area contributed by atoms with Crippen LogP contribution in [0.15, 0.2) is 115 Å². The maximum Gasteiger partial charge on any atom is 0.136 e. The van der Waals surface area contributed by atoms with E-state index in [1.807, 2.05) is 0 Å². The summed E-state index contributed by atoms with van der Waals surface area (Å²) in [6, 6.07) is 33.6. The lowest BCUT2D eigenvalue weighted by molar-refractivity contribution is 0.627. The van der Waals surface area contributed by atoms with Gasteiger partial charge in [-0.05, 0) is 70.1 Å². The van der Waals surface area contributed by atoms with E-state index < -0.39 is 0 Å². The van der Waals surface area contributed by atoms with Gasteiger partial charge in [-0.3, -0.25) is 0 Å². The summed E-state index contributed by atoms with van der Waals surface area (Å²) >= 11 is 7.45. The van der Waals surface area contributed by atoms with E-state index in [1.165, 1.54) is 21.5 Å². The van der Waals surface area contributed by atoms with Gasteiger partial charge >= 0.3 is 0 Å². The summed E-state index contributed by atoms with van der Waals surface area (Å²) in [6.07, 6.45) is 0. The van der Waals surface area contributed by atoms with E-state index in [9.17, 15) is 0 Å². The van der Waals surface area contributed by atoms with E-state index >= 15 is 0 Å². The third kappa shape index (κ3) is 3.21. The molecule has 7 rings (SSSR count). The maximum atomic E-state index is 6.31. The minimum absolute atomic E-state index is 0.831. The summed E-state index contributed by atoms with van der Waals surface area (Å²) in [5.41, 5.74) is 3.75. The fourth-order valence-electron chi connectivity index (χ4n) is 4.64. The molecule has 4 heteroatoms. The molecular weight excluding hydrogens is 552 g/mol. The van der Waals surface area contributed by atoms with Crippen LogP contribution in [0, 0.1) is 0 Å². The molecule has 0 aliphatic heterocycles. The molecule has 7 aromatic rings. The number of benzene rings is 5. The van der Waals surface area contributed by atoms with Gasteiger partial charge in [-0.25, -0.2) is 0 Å². The second-order valence-corrected chi connectivity index (χ2v) is 10.2. The van der Waals surface area contributed by atoms with Gasteiger partial charge in [0.05, 0.1) is 0 Å². The number of halogens is 2. The lowest BCUT2D eigenvalue weighted by Crippen LogP contribution is -1.79. The Morgan fingerprint density at radius 2 is 0.794 bits per heavy atom. The molecule has 2 heterocycles. The zero-order chi connectivity index (χ0) is 22.8. The molecule has 0 aliphatic rings. The van der Waals surface area contributed by atoms with Crippen molar-refractivity contribution in [1.82, 2.24) is 0 Å². The van der Waals surface area contributed by atoms with E-state index in [4.69, 9.17) is 8.83 Å². The van der Waals surface area contributed by atoms with Gasteiger partial charge in [-0.1, -0.05) is 80.4 Å². The van der Waals surface area contributed by atoms with Crippen molar-refractivity contribution in [3.05, 3.63) is 106 Å². The lowest BCUT2D eigenvalue weighted by atomic mass is 10.1. The zero-order valence-electron chi connectivity index (χ0n) is 17.8. The number of hydrogen-bond acceptors (Lipinski definition) is 2. The molecule has 0 saturated carbocycles. The average molecular weight is 568 g/mol. The molecule has 0 spiro atoms. The Morgan fingerprint density at radius 3 is 1.21 bits per heavy atom. The molecule has 0 unspecified atom stereocenters. The molecule has 0 atom stereocenters. The summed E-state index contributed by atoms with van der Waals surface area (Å²) in [5.74, 6) is 1.66. The van der Waals surface area contributed by atoms with E-state index in [0.717, 1.165) is 53.5 Å². The van der Waals surface area contributed by atoms with E-state index in [2.05, 4.69) is 129 Å². The highest BCUT2D eigenvalue weighted by Gasteiger charge is 2.15. The highest BCUT2D eigenvalue weighted by molar-refractivity contribution is 9.11. The topological polar surface area (TPSA) is 26.3 Å². The fraction of sp³-hybridized carbons (Fsp3) is 0. The molecule has 0 amide bonds. The number of rotatable bonds is 2. The predicted molar refractivity (Wildman–Crippen MR) is 147 cm³/mol. The largest absolute Gasteiger partial charge is 0.456 e. The van der Waals surface area contributed by atoms with Crippen molar-refractivity contribution in [2.24, 2.45) is 0 Å². The molecule has 2 aromatic heterocycles. The SMILES string of the molecule is Brc1cc2ccccc2cc1-c1cc2cc3oc(-c4cc5ccccc5cc4Br)cc3cc2o1. The van der Waals surface area contributed by atoms with Crippen molar-refractivity contribution < 1.29 is 8.83 Å². The van der Waals surface area contributed by atoms with E-state index in [0.29, 0.717) is 0 Å². The first-order chi connectivity index (χ1) is 16.6. The van der Waals surface area contributed by atoms with Gasteiger partial charge in [0.1, 0.15) is 22.7 Å². The Hall–Kier alpha value is -3.34. The van der Waals surface area contributed by atoms with Crippen molar-refractivity contribution in [3.63, 3.8) is 0 Å². The molecule has 0 fully saturated rings. The molecule has 2 nitrogen and oxygen atoms in total. The van der Waals surface area contributed by atoms with Crippen molar-refractivity contribution in [3.8, 4) is 22.6 Å². The second-order valence-electron chi connectivity index (χ2n) is 8.51. The van der Waals surface area contributed by atoms with E-state index in [1.54, 1.807) is 0 Å². The molecule has 0 radical (unpaired) electrons. The highest BCUT2D eigenvalue weighted by atomic mass is 79.9. The molecule has 0 saturated heterocycles. The normalized spacial score (nSPS) is 11.8. The molecule has 0 N–H and O–H groups in total. The Morgan fingerprint density at radius 1 is 0.412 bits per heavy atom. The molecule has 5 aromatic carbocycles. The predicted octanol–water partition coefficient (Wildman–Crippen LogP) is 10.3. The molecule has 34 heavy (non-hydrogen) atoms. The van der Waals surface area contributed by atoms with Gasteiger partial charge in [-0.15, -0.1) is 0 Å².